The third-order valence-corrected chi connectivity index (χ3v) is 3.19. The molecular formula is C15H15ClO. The van der Waals surface area contributed by atoms with Gasteiger partial charge in [-0.1, -0.05) is 54.9 Å². The van der Waals surface area contributed by atoms with Gasteiger partial charge in [0.05, 0.1) is 6.10 Å². The van der Waals surface area contributed by atoms with Crippen LogP contribution in [-0.2, 0) is 0 Å². The van der Waals surface area contributed by atoms with Crippen LogP contribution in [-0.4, -0.2) is 5.11 Å². The maximum absolute atomic E-state index is 9.90. The summed E-state index contributed by atoms with van der Waals surface area (Å²) in [5.74, 6) is 0. The number of aliphatic hydroxyl groups excluding tert-OH is 1. The predicted octanol–water partition coefficient (Wildman–Crippen LogP) is 4.45. The van der Waals surface area contributed by atoms with Crippen molar-refractivity contribution in [3.8, 4) is 11.1 Å². The Morgan fingerprint density at radius 1 is 1.06 bits per heavy atom. The highest BCUT2D eigenvalue weighted by atomic mass is 35.5. The van der Waals surface area contributed by atoms with Crippen LogP contribution < -0.4 is 0 Å². The molecule has 1 nitrogen and oxygen atoms in total. The SMILES string of the molecule is CCC(O)c1cc(-c2ccccc2)ccc1Cl. The van der Waals surface area contributed by atoms with Gasteiger partial charge in [-0.15, -0.1) is 0 Å². The molecule has 2 rings (SSSR count). The standard InChI is InChI=1S/C15H15ClO/c1-2-15(17)13-10-12(8-9-14(13)16)11-6-4-3-5-7-11/h3-10,15,17H,2H2,1H3. The molecule has 0 aromatic heterocycles. The Labute approximate surface area is 107 Å². The summed E-state index contributed by atoms with van der Waals surface area (Å²) < 4.78 is 0. The van der Waals surface area contributed by atoms with E-state index in [1.54, 1.807) is 0 Å². The van der Waals surface area contributed by atoms with Crippen LogP contribution in [0.2, 0.25) is 5.02 Å². The maximum Gasteiger partial charge on any atom is 0.0802 e. The fourth-order valence-corrected chi connectivity index (χ4v) is 2.07. The van der Waals surface area contributed by atoms with Gasteiger partial charge in [0.1, 0.15) is 0 Å². The second kappa shape index (κ2) is 5.35. The van der Waals surface area contributed by atoms with Crippen molar-refractivity contribution >= 4 is 11.6 Å². The number of hydrogen-bond acceptors (Lipinski definition) is 1. The minimum absolute atomic E-state index is 0.494. The van der Waals surface area contributed by atoms with Gasteiger partial charge in [0.25, 0.3) is 0 Å². The third-order valence-electron chi connectivity index (χ3n) is 2.85. The molecule has 0 aliphatic heterocycles. The van der Waals surface area contributed by atoms with E-state index in [0.29, 0.717) is 11.4 Å². The smallest absolute Gasteiger partial charge is 0.0802 e. The van der Waals surface area contributed by atoms with Crippen molar-refractivity contribution < 1.29 is 5.11 Å². The Hall–Kier alpha value is -1.31. The third kappa shape index (κ3) is 2.68. The van der Waals surface area contributed by atoms with E-state index in [2.05, 4.69) is 0 Å². The summed E-state index contributed by atoms with van der Waals surface area (Å²) in [6, 6.07) is 15.9. The van der Waals surface area contributed by atoms with Crippen LogP contribution in [0, 0.1) is 0 Å². The lowest BCUT2D eigenvalue weighted by Gasteiger charge is -2.12. The van der Waals surface area contributed by atoms with Crippen molar-refractivity contribution in [1.29, 1.82) is 0 Å². The van der Waals surface area contributed by atoms with E-state index in [4.69, 9.17) is 11.6 Å². The summed E-state index contributed by atoms with van der Waals surface area (Å²) in [5.41, 5.74) is 3.02. The Bertz CT molecular complexity index is 494. The van der Waals surface area contributed by atoms with Crippen molar-refractivity contribution in [2.75, 3.05) is 0 Å². The number of aliphatic hydroxyl groups is 1. The average molecular weight is 247 g/mol. The first-order valence-corrected chi connectivity index (χ1v) is 6.13. The summed E-state index contributed by atoms with van der Waals surface area (Å²) in [7, 11) is 0. The summed E-state index contributed by atoms with van der Waals surface area (Å²) >= 11 is 6.10. The monoisotopic (exact) mass is 246 g/mol. The first-order chi connectivity index (χ1) is 8.22. The Kier molecular flexibility index (Phi) is 3.82. The molecule has 2 aromatic carbocycles. The molecule has 0 saturated carbocycles. The fourth-order valence-electron chi connectivity index (χ4n) is 1.83. The second-order valence-electron chi connectivity index (χ2n) is 4.03. The molecule has 0 amide bonds. The van der Waals surface area contributed by atoms with Crippen LogP contribution in [0.4, 0.5) is 0 Å². The van der Waals surface area contributed by atoms with E-state index < -0.39 is 6.10 Å². The molecule has 0 radical (unpaired) electrons. The summed E-state index contributed by atoms with van der Waals surface area (Å²) in [6.07, 6.45) is 0.170. The number of rotatable bonds is 3. The van der Waals surface area contributed by atoms with E-state index in [9.17, 15) is 5.11 Å². The maximum atomic E-state index is 9.90. The fraction of sp³-hybridized carbons (Fsp3) is 0.200. The van der Waals surface area contributed by atoms with Crippen LogP contribution in [0.1, 0.15) is 25.0 Å². The van der Waals surface area contributed by atoms with Gasteiger partial charge in [0.2, 0.25) is 0 Å². The van der Waals surface area contributed by atoms with Gasteiger partial charge in [-0.05, 0) is 35.2 Å². The Balaban J connectivity index is 2.44. The molecule has 2 heteroatoms. The predicted molar refractivity (Wildman–Crippen MR) is 72.1 cm³/mol. The lowest BCUT2D eigenvalue weighted by atomic mass is 10.00. The van der Waals surface area contributed by atoms with Crippen molar-refractivity contribution in [3.05, 3.63) is 59.1 Å². The summed E-state index contributed by atoms with van der Waals surface area (Å²) in [6.45, 7) is 1.94. The highest BCUT2D eigenvalue weighted by Crippen LogP contribution is 2.30. The van der Waals surface area contributed by atoms with Gasteiger partial charge in [-0.3, -0.25) is 0 Å². The number of halogens is 1. The highest BCUT2D eigenvalue weighted by Gasteiger charge is 2.10. The van der Waals surface area contributed by atoms with E-state index in [1.165, 1.54) is 0 Å². The number of benzene rings is 2. The van der Waals surface area contributed by atoms with Crippen molar-refractivity contribution in [2.24, 2.45) is 0 Å². The van der Waals surface area contributed by atoms with Gasteiger partial charge >= 0.3 is 0 Å². The van der Waals surface area contributed by atoms with Gasteiger partial charge in [0, 0.05) is 5.02 Å². The lowest BCUT2D eigenvalue weighted by molar-refractivity contribution is 0.174. The van der Waals surface area contributed by atoms with Crippen LogP contribution >= 0.6 is 11.6 Å². The molecule has 17 heavy (non-hydrogen) atoms. The molecule has 0 bridgehead atoms. The molecule has 1 N–H and O–H groups in total. The topological polar surface area (TPSA) is 20.2 Å². The molecule has 1 atom stereocenters. The van der Waals surface area contributed by atoms with Crippen molar-refractivity contribution in [3.63, 3.8) is 0 Å². The normalized spacial score (nSPS) is 12.4. The molecular weight excluding hydrogens is 232 g/mol. The first kappa shape index (κ1) is 12.2. The van der Waals surface area contributed by atoms with Crippen LogP contribution in [0.3, 0.4) is 0 Å². The van der Waals surface area contributed by atoms with Crippen molar-refractivity contribution in [2.45, 2.75) is 19.4 Å². The van der Waals surface area contributed by atoms with E-state index in [0.717, 1.165) is 16.7 Å². The van der Waals surface area contributed by atoms with Crippen LogP contribution in [0.25, 0.3) is 11.1 Å². The quantitative estimate of drug-likeness (QED) is 0.848. The van der Waals surface area contributed by atoms with Crippen molar-refractivity contribution in [1.82, 2.24) is 0 Å². The van der Waals surface area contributed by atoms with Gasteiger partial charge < -0.3 is 5.11 Å². The van der Waals surface area contributed by atoms with Gasteiger partial charge in [0.15, 0.2) is 0 Å². The molecule has 0 saturated heterocycles. The lowest BCUT2D eigenvalue weighted by Crippen LogP contribution is -1.96. The summed E-state index contributed by atoms with van der Waals surface area (Å²) in [5, 5.41) is 10.5. The van der Waals surface area contributed by atoms with E-state index in [1.807, 2.05) is 55.5 Å². The minimum atomic E-state index is -0.494. The van der Waals surface area contributed by atoms with E-state index >= 15 is 0 Å². The Morgan fingerprint density at radius 3 is 2.41 bits per heavy atom. The number of hydrogen-bond donors (Lipinski definition) is 1. The highest BCUT2D eigenvalue weighted by molar-refractivity contribution is 6.31. The minimum Gasteiger partial charge on any atom is -0.388 e. The second-order valence-corrected chi connectivity index (χ2v) is 4.43. The zero-order valence-corrected chi connectivity index (χ0v) is 10.5. The molecule has 1 unspecified atom stereocenters. The molecule has 0 fully saturated rings. The van der Waals surface area contributed by atoms with Crippen LogP contribution in [0.5, 0.6) is 0 Å². The first-order valence-electron chi connectivity index (χ1n) is 5.75. The average Bonchev–Trinajstić information content (AvgIpc) is 2.39. The van der Waals surface area contributed by atoms with Crippen LogP contribution in [0.15, 0.2) is 48.5 Å². The molecule has 2 aromatic rings. The molecule has 0 aliphatic rings. The zero-order chi connectivity index (χ0) is 12.3. The van der Waals surface area contributed by atoms with Gasteiger partial charge in [-0.2, -0.15) is 0 Å². The molecule has 0 heterocycles. The molecule has 0 aliphatic carbocycles. The zero-order valence-electron chi connectivity index (χ0n) is 9.73. The summed E-state index contributed by atoms with van der Waals surface area (Å²) in [4.78, 5) is 0. The Morgan fingerprint density at radius 2 is 1.76 bits per heavy atom. The van der Waals surface area contributed by atoms with E-state index in [-0.39, 0.29) is 0 Å². The van der Waals surface area contributed by atoms with Gasteiger partial charge in [-0.25, -0.2) is 0 Å². The molecule has 0 spiro atoms. The largest absolute Gasteiger partial charge is 0.388 e. The molecule has 88 valence electrons.